The number of rotatable bonds is 1. The highest BCUT2D eigenvalue weighted by atomic mass is 16.5. The van der Waals surface area contributed by atoms with Crippen LogP contribution in [-0.4, -0.2) is 7.11 Å². The predicted molar refractivity (Wildman–Crippen MR) is 97.8 cm³/mol. The number of hydrogen-bond acceptors (Lipinski definition) is 1. The van der Waals surface area contributed by atoms with Gasteiger partial charge in [-0.05, 0) is 42.5 Å². The van der Waals surface area contributed by atoms with Gasteiger partial charge >= 0.3 is 0 Å². The summed E-state index contributed by atoms with van der Waals surface area (Å²) in [6.45, 7) is 0. The summed E-state index contributed by atoms with van der Waals surface area (Å²) < 4.78 is 5.36. The molecule has 0 aromatic heterocycles. The summed E-state index contributed by atoms with van der Waals surface area (Å²) in [6, 6.07) is 25.7. The monoisotopic (exact) mass is 308 g/mol. The van der Waals surface area contributed by atoms with Gasteiger partial charge in [-0.25, -0.2) is 0 Å². The molecule has 0 atom stereocenters. The van der Waals surface area contributed by atoms with Crippen molar-refractivity contribution in [2.75, 3.05) is 7.11 Å². The van der Waals surface area contributed by atoms with Crippen LogP contribution >= 0.6 is 0 Å². The van der Waals surface area contributed by atoms with Gasteiger partial charge in [-0.2, -0.15) is 0 Å². The van der Waals surface area contributed by atoms with E-state index in [1.807, 2.05) is 78.9 Å². The standard InChI is InChI=1S/C23H16O/c1-24-23-17-21(14-12-19-8-4-2-5-9-19)16-22(18-23)15-13-20-10-6-3-7-11-20/h2-11,16-18H,1H3. The smallest absolute Gasteiger partial charge is 0.121 e. The van der Waals surface area contributed by atoms with Crippen LogP contribution in [0.3, 0.4) is 0 Å². The fourth-order valence-electron chi connectivity index (χ4n) is 2.19. The fraction of sp³-hybridized carbons (Fsp3) is 0.0435. The number of benzene rings is 3. The minimum atomic E-state index is 0.757. The molecule has 0 saturated carbocycles. The fourth-order valence-corrected chi connectivity index (χ4v) is 2.19. The summed E-state index contributed by atoms with van der Waals surface area (Å²) in [4.78, 5) is 0. The van der Waals surface area contributed by atoms with Crippen LogP contribution < -0.4 is 4.74 Å². The van der Waals surface area contributed by atoms with Crippen molar-refractivity contribution in [2.24, 2.45) is 0 Å². The van der Waals surface area contributed by atoms with Gasteiger partial charge < -0.3 is 4.74 Å². The largest absolute Gasteiger partial charge is 0.497 e. The lowest BCUT2D eigenvalue weighted by Gasteiger charge is -2.01. The van der Waals surface area contributed by atoms with E-state index < -0.39 is 0 Å². The van der Waals surface area contributed by atoms with Crippen molar-refractivity contribution >= 4 is 0 Å². The lowest BCUT2D eigenvalue weighted by molar-refractivity contribution is 0.414. The van der Waals surface area contributed by atoms with Crippen molar-refractivity contribution in [3.05, 3.63) is 101 Å². The summed E-state index contributed by atoms with van der Waals surface area (Å²) in [7, 11) is 1.65. The van der Waals surface area contributed by atoms with E-state index in [4.69, 9.17) is 4.74 Å². The van der Waals surface area contributed by atoms with Gasteiger partial charge in [0.25, 0.3) is 0 Å². The minimum absolute atomic E-state index is 0.757. The van der Waals surface area contributed by atoms with Crippen LogP contribution in [-0.2, 0) is 0 Å². The molecule has 0 fully saturated rings. The Morgan fingerprint density at radius 1 is 0.542 bits per heavy atom. The Hall–Kier alpha value is -3.42. The maximum atomic E-state index is 5.36. The Balaban J connectivity index is 1.92. The van der Waals surface area contributed by atoms with Gasteiger partial charge in [0.05, 0.1) is 7.11 Å². The molecule has 0 bridgehead atoms. The topological polar surface area (TPSA) is 9.23 Å². The molecule has 24 heavy (non-hydrogen) atoms. The van der Waals surface area contributed by atoms with Gasteiger partial charge in [0.15, 0.2) is 0 Å². The van der Waals surface area contributed by atoms with Crippen LogP contribution in [0, 0.1) is 23.7 Å². The molecule has 3 rings (SSSR count). The van der Waals surface area contributed by atoms with E-state index >= 15 is 0 Å². The van der Waals surface area contributed by atoms with Crippen molar-refractivity contribution in [3.63, 3.8) is 0 Å². The average Bonchev–Trinajstić information content (AvgIpc) is 2.66. The molecule has 0 spiro atoms. The summed E-state index contributed by atoms with van der Waals surface area (Å²) in [5.74, 6) is 13.4. The van der Waals surface area contributed by atoms with Crippen LogP contribution in [0.15, 0.2) is 78.9 Å². The Morgan fingerprint density at radius 3 is 1.38 bits per heavy atom. The first-order valence-corrected chi connectivity index (χ1v) is 7.67. The second-order valence-corrected chi connectivity index (χ2v) is 5.18. The third kappa shape index (κ3) is 4.29. The van der Waals surface area contributed by atoms with Gasteiger partial charge in [-0.1, -0.05) is 60.1 Å². The Kier molecular flexibility index (Phi) is 4.98. The molecule has 3 aromatic rings. The van der Waals surface area contributed by atoms with Crippen LogP contribution in [0.5, 0.6) is 5.75 Å². The third-order valence-corrected chi connectivity index (χ3v) is 3.39. The first-order valence-electron chi connectivity index (χ1n) is 7.67. The molecule has 0 aliphatic carbocycles. The van der Waals surface area contributed by atoms with Crippen LogP contribution in [0.4, 0.5) is 0 Å². The Morgan fingerprint density at radius 2 is 0.958 bits per heavy atom. The van der Waals surface area contributed by atoms with Crippen molar-refractivity contribution in [1.29, 1.82) is 0 Å². The predicted octanol–water partition coefficient (Wildman–Crippen LogP) is 4.49. The van der Waals surface area contributed by atoms with Gasteiger partial charge in [0.1, 0.15) is 5.75 Å². The molecule has 0 N–H and O–H groups in total. The molecule has 1 nitrogen and oxygen atoms in total. The molecule has 3 aromatic carbocycles. The molecule has 0 radical (unpaired) electrons. The summed E-state index contributed by atoms with van der Waals surface area (Å²) in [5.41, 5.74) is 3.74. The number of methoxy groups -OCH3 is 1. The summed E-state index contributed by atoms with van der Waals surface area (Å²) >= 11 is 0. The van der Waals surface area contributed by atoms with E-state index in [-0.39, 0.29) is 0 Å². The van der Waals surface area contributed by atoms with Crippen LogP contribution in [0.25, 0.3) is 0 Å². The van der Waals surface area contributed by atoms with E-state index in [1.54, 1.807) is 7.11 Å². The quantitative estimate of drug-likeness (QED) is 0.602. The van der Waals surface area contributed by atoms with E-state index in [0.29, 0.717) is 0 Å². The van der Waals surface area contributed by atoms with Gasteiger partial charge in [0, 0.05) is 22.3 Å². The molecule has 0 heterocycles. The summed E-state index contributed by atoms with van der Waals surface area (Å²) in [5, 5.41) is 0. The number of hydrogen-bond donors (Lipinski definition) is 0. The van der Waals surface area contributed by atoms with Gasteiger partial charge in [-0.15, -0.1) is 0 Å². The van der Waals surface area contributed by atoms with Crippen LogP contribution in [0.2, 0.25) is 0 Å². The zero-order chi connectivity index (χ0) is 16.6. The van der Waals surface area contributed by atoms with E-state index in [9.17, 15) is 0 Å². The van der Waals surface area contributed by atoms with E-state index in [1.165, 1.54) is 0 Å². The highest BCUT2D eigenvalue weighted by Crippen LogP contribution is 2.16. The second-order valence-electron chi connectivity index (χ2n) is 5.18. The number of ether oxygens (including phenoxy) is 1. The maximum absolute atomic E-state index is 5.36. The molecular weight excluding hydrogens is 292 g/mol. The lowest BCUT2D eigenvalue weighted by Crippen LogP contribution is -1.87. The van der Waals surface area contributed by atoms with Crippen molar-refractivity contribution in [1.82, 2.24) is 0 Å². The molecule has 0 aliphatic rings. The molecule has 0 unspecified atom stereocenters. The van der Waals surface area contributed by atoms with Crippen molar-refractivity contribution < 1.29 is 4.74 Å². The summed E-state index contributed by atoms with van der Waals surface area (Å²) in [6.07, 6.45) is 0. The zero-order valence-corrected chi connectivity index (χ0v) is 13.4. The zero-order valence-electron chi connectivity index (χ0n) is 13.4. The SMILES string of the molecule is COc1cc(C#Cc2ccccc2)cc(C#Cc2ccccc2)c1. The lowest BCUT2D eigenvalue weighted by atomic mass is 10.1. The molecular formula is C23H16O. The molecule has 0 aliphatic heterocycles. The van der Waals surface area contributed by atoms with Crippen molar-refractivity contribution in [3.8, 4) is 29.4 Å². The third-order valence-electron chi connectivity index (χ3n) is 3.39. The molecule has 0 saturated heterocycles. The maximum Gasteiger partial charge on any atom is 0.121 e. The van der Waals surface area contributed by atoms with Gasteiger partial charge in [0.2, 0.25) is 0 Å². The Labute approximate surface area is 142 Å². The molecule has 1 heteroatoms. The molecule has 114 valence electrons. The van der Waals surface area contributed by atoms with E-state index in [2.05, 4.69) is 23.7 Å². The highest BCUT2D eigenvalue weighted by molar-refractivity contribution is 5.52. The highest BCUT2D eigenvalue weighted by Gasteiger charge is 1.98. The van der Waals surface area contributed by atoms with Gasteiger partial charge in [-0.3, -0.25) is 0 Å². The first kappa shape index (κ1) is 15.5. The molecule has 0 amide bonds. The normalized spacial score (nSPS) is 9.21. The van der Waals surface area contributed by atoms with E-state index in [0.717, 1.165) is 28.0 Å². The average molecular weight is 308 g/mol. The van der Waals surface area contributed by atoms with Crippen LogP contribution in [0.1, 0.15) is 22.3 Å². The Bertz CT molecular complexity index is 858. The van der Waals surface area contributed by atoms with Crippen molar-refractivity contribution in [2.45, 2.75) is 0 Å². The minimum Gasteiger partial charge on any atom is -0.497 e. The first-order chi connectivity index (χ1) is 11.8. The second kappa shape index (κ2) is 7.73.